The number of halogens is 4. The molecular formula is C17H16ClF3N4O. The number of benzene rings is 1. The van der Waals surface area contributed by atoms with E-state index in [0.29, 0.717) is 29.4 Å². The smallest absolute Gasteiger partial charge is 0.404 e. The van der Waals surface area contributed by atoms with Gasteiger partial charge in [0.1, 0.15) is 11.6 Å². The van der Waals surface area contributed by atoms with Gasteiger partial charge in [-0.15, -0.1) is 13.2 Å². The number of alkyl halides is 3. The molecule has 0 spiro atoms. The molecule has 2 N–H and O–H groups in total. The summed E-state index contributed by atoms with van der Waals surface area (Å²) >= 11 is 5.89. The molecule has 26 heavy (non-hydrogen) atoms. The largest absolute Gasteiger partial charge is 0.573 e. The van der Waals surface area contributed by atoms with Gasteiger partial charge in [-0.3, -0.25) is 0 Å². The molecule has 0 atom stereocenters. The molecule has 9 heteroatoms. The molecule has 5 nitrogen and oxygen atoms in total. The quantitative estimate of drug-likeness (QED) is 0.714. The van der Waals surface area contributed by atoms with E-state index in [1.54, 1.807) is 0 Å². The van der Waals surface area contributed by atoms with Gasteiger partial charge >= 0.3 is 6.36 Å². The van der Waals surface area contributed by atoms with Crippen LogP contribution in [0.15, 0.2) is 24.3 Å². The number of nitrogens with zero attached hydrogens (tertiary/aromatic N) is 2. The molecule has 4 rings (SSSR count). The van der Waals surface area contributed by atoms with Crippen LogP contribution in [0.1, 0.15) is 37.3 Å². The lowest BCUT2D eigenvalue weighted by Gasteiger charge is -2.13. The molecule has 2 aromatic rings. The van der Waals surface area contributed by atoms with E-state index in [4.69, 9.17) is 11.6 Å². The second-order valence-electron chi connectivity index (χ2n) is 6.51. The molecule has 2 fully saturated rings. The van der Waals surface area contributed by atoms with E-state index in [2.05, 4.69) is 25.3 Å². The Kier molecular flexibility index (Phi) is 4.30. The van der Waals surface area contributed by atoms with Crippen LogP contribution < -0.4 is 15.4 Å². The number of aromatic nitrogens is 2. The molecule has 1 heterocycles. The molecule has 0 aliphatic heterocycles. The first-order valence-corrected chi connectivity index (χ1v) is 8.71. The lowest BCUT2D eigenvalue weighted by Crippen LogP contribution is -2.17. The molecule has 0 bridgehead atoms. The second kappa shape index (κ2) is 6.50. The van der Waals surface area contributed by atoms with E-state index >= 15 is 0 Å². The van der Waals surface area contributed by atoms with Crippen LogP contribution in [0.2, 0.25) is 5.02 Å². The highest BCUT2D eigenvalue weighted by molar-refractivity contribution is 6.32. The number of nitrogens with one attached hydrogen (secondary N) is 2. The monoisotopic (exact) mass is 384 g/mol. The minimum absolute atomic E-state index is 0.139. The molecule has 1 aromatic heterocycles. The standard InChI is InChI=1S/C17H16ClF3N4O/c18-12-7-11(5-6-14(12)26-17(19,20)21)22-15-8-13(9-1-2-9)24-16(25-15)23-10-3-4-10/h5-10H,1-4H2,(H2,22,23,24,25). The highest BCUT2D eigenvalue weighted by Gasteiger charge is 2.32. The van der Waals surface area contributed by atoms with E-state index < -0.39 is 12.1 Å². The zero-order valence-electron chi connectivity index (χ0n) is 13.6. The Hall–Kier alpha value is -2.22. The minimum Gasteiger partial charge on any atom is -0.404 e. The zero-order chi connectivity index (χ0) is 18.3. The third kappa shape index (κ3) is 4.49. The second-order valence-corrected chi connectivity index (χ2v) is 6.92. The summed E-state index contributed by atoms with van der Waals surface area (Å²) in [7, 11) is 0. The summed E-state index contributed by atoms with van der Waals surface area (Å²) < 4.78 is 40.9. The average Bonchev–Trinajstić information content (AvgIpc) is 3.42. The van der Waals surface area contributed by atoms with E-state index in [1.165, 1.54) is 18.2 Å². The van der Waals surface area contributed by atoms with Gasteiger partial charge in [-0.2, -0.15) is 4.98 Å². The Bertz CT molecular complexity index is 822. The number of rotatable bonds is 6. The minimum atomic E-state index is -4.78. The van der Waals surface area contributed by atoms with E-state index in [9.17, 15) is 13.2 Å². The van der Waals surface area contributed by atoms with Gasteiger partial charge in [-0.05, 0) is 43.9 Å². The van der Waals surface area contributed by atoms with Crippen molar-refractivity contribution in [3.63, 3.8) is 0 Å². The first kappa shape index (κ1) is 17.2. The number of hydrogen-bond acceptors (Lipinski definition) is 5. The Balaban J connectivity index is 1.54. The maximum Gasteiger partial charge on any atom is 0.573 e. The van der Waals surface area contributed by atoms with Gasteiger partial charge in [0.05, 0.1) is 10.7 Å². The topological polar surface area (TPSA) is 59.1 Å². The van der Waals surface area contributed by atoms with Gasteiger partial charge in [0, 0.05) is 23.7 Å². The van der Waals surface area contributed by atoms with Crippen molar-refractivity contribution in [3.8, 4) is 5.75 Å². The van der Waals surface area contributed by atoms with Crippen molar-refractivity contribution in [2.24, 2.45) is 0 Å². The molecule has 138 valence electrons. The summed E-state index contributed by atoms with van der Waals surface area (Å²) in [6, 6.07) is 6.29. The van der Waals surface area contributed by atoms with Crippen LogP contribution in [0, 0.1) is 0 Å². The summed E-state index contributed by atoms with van der Waals surface area (Å²) in [6.07, 6.45) is -0.358. The molecule has 2 aliphatic rings. The van der Waals surface area contributed by atoms with Crippen molar-refractivity contribution in [2.45, 2.75) is 44.0 Å². The molecule has 0 unspecified atom stereocenters. The van der Waals surface area contributed by atoms with Crippen LogP contribution in [-0.2, 0) is 0 Å². The third-order valence-electron chi connectivity index (χ3n) is 4.08. The fourth-order valence-corrected chi connectivity index (χ4v) is 2.75. The van der Waals surface area contributed by atoms with Crippen molar-refractivity contribution >= 4 is 29.1 Å². The van der Waals surface area contributed by atoms with Crippen molar-refractivity contribution in [2.75, 3.05) is 10.6 Å². The summed E-state index contributed by atoms with van der Waals surface area (Å²) in [4.78, 5) is 9.00. The van der Waals surface area contributed by atoms with Gasteiger partial charge in [0.2, 0.25) is 5.95 Å². The van der Waals surface area contributed by atoms with Crippen LogP contribution in [0.5, 0.6) is 5.75 Å². The summed E-state index contributed by atoms with van der Waals surface area (Å²) in [6.45, 7) is 0. The lowest BCUT2D eigenvalue weighted by atomic mass is 10.2. The predicted octanol–water partition coefficient (Wildman–Crippen LogP) is 5.22. The van der Waals surface area contributed by atoms with Crippen molar-refractivity contribution in [1.29, 1.82) is 0 Å². The molecule has 0 radical (unpaired) electrons. The van der Waals surface area contributed by atoms with Crippen molar-refractivity contribution < 1.29 is 17.9 Å². The molecule has 2 saturated carbocycles. The maximum atomic E-state index is 12.3. The van der Waals surface area contributed by atoms with Crippen LogP contribution in [-0.4, -0.2) is 22.4 Å². The third-order valence-corrected chi connectivity index (χ3v) is 4.38. The molecule has 0 saturated heterocycles. The summed E-state index contributed by atoms with van der Waals surface area (Å²) in [5, 5.41) is 6.22. The van der Waals surface area contributed by atoms with E-state index in [-0.39, 0.29) is 5.02 Å². The van der Waals surface area contributed by atoms with Crippen LogP contribution >= 0.6 is 11.6 Å². The Morgan fingerprint density at radius 2 is 1.85 bits per heavy atom. The normalized spacial score (nSPS) is 17.1. The number of ether oxygens (including phenoxy) is 1. The Morgan fingerprint density at radius 1 is 1.08 bits per heavy atom. The fourth-order valence-electron chi connectivity index (χ4n) is 2.53. The van der Waals surface area contributed by atoms with Crippen molar-refractivity contribution in [3.05, 3.63) is 35.0 Å². The molecule has 1 aromatic carbocycles. The van der Waals surface area contributed by atoms with E-state index in [1.807, 2.05) is 6.07 Å². The molecule has 2 aliphatic carbocycles. The lowest BCUT2D eigenvalue weighted by molar-refractivity contribution is -0.274. The fraction of sp³-hybridized carbons (Fsp3) is 0.412. The highest BCUT2D eigenvalue weighted by atomic mass is 35.5. The number of hydrogen-bond donors (Lipinski definition) is 2. The van der Waals surface area contributed by atoms with Gasteiger partial charge < -0.3 is 15.4 Å². The maximum absolute atomic E-state index is 12.3. The van der Waals surface area contributed by atoms with Crippen LogP contribution in [0.3, 0.4) is 0 Å². The molecule has 0 amide bonds. The summed E-state index contributed by atoms with van der Waals surface area (Å²) in [5.74, 6) is 1.15. The van der Waals surface area contributed by atoms with Crippen LogP contribution in [0.25, 0.3) is 0 Å². The zero-order valence-corrected chi connectivity index (χ0v) is 14.4. The first-order valence-electron chi connectivity index (χ1n) is 8.33. The van der Waals surface area contributed by atoms with Crippen LogP contribution in [0.4, 0.5) is 30.6 Å². The van der Waals surface area contributed by atoms with Gasteiger partial charge in [0.15, 0.2) is 0 Å². The van der Waals surface area contributed by atoms with Gasteiger partial charge in [-0.25, -0.2) is 4.98 Å². The first-order chi connectivity index (χ1) is 12.4. The SMILES string of the molecule is FC(F)(F)Oc1ccc(Nc2cc(C3CC3)nc(NC3CC3)n2)cc1Cl. The van der Waals surface area contributed by atoms with Gasteiger partial charge in [0.25, 0.3) is 0 Å². The van der Waals surface area contributed by atoms with Gasteiger partial charge in [-0.1, -0.05) is 11.6 Å². The summed E-state index contributed by atoms with van der Waals surface area (Å²) in [5.41, 5.74) is 1.48. The highest BCUT2D eigenvalue weighted by Crippen LogP contribution is 2.40. The Morgan fingerprint density at radius 3 is 2.46 bits per heavy atom. The van der Waals surface area contributed by atoms with Crippen molar-refractivity contribution in [1.82, 2.24) is 9.97 Å². The number of anilines is 3. The predicted molar refractivity (Wildman–Crippen MR) is 92.1 cm³/mol. The Labute approximate surface area is 152 Å². The van der Waals surface area contributed by atoms with E-state index in [0.717, 1.165) is 31.4 Å². The molecular weight excluding hydrogens is 369 g/mol. The average molecular weight is 385 g/mol.